The van der Waals surface area contributed by atoms with Crippen molar-refractivity contribution in [2.75, 3.05) is 0 Å². The van der Waals surface area contributed by atoms with Crippen LogP contribution in [0.5, 0.6) is 0 Å². The average Bonchev–Trinajstić information content (AvgIpc) is 3.69. The van der Waals surface area contributed by atoms with Gasteiger partial charge in [-0.25, -0.2) is 0 Å². The summed E-state index contributed by atoms with van der Waals surface area (Å²) in [5, 5.41) is 0. The Bertz CT molecular complexity index is 1580. The van der Waals surface area contributed by atoms with E-state index in [9.17, 15) is 0 Å². The summed E-state index contributed by atoms with van der Waals surface area (Å²) in [6, 6.07) is 26.2. The highest BCUT2D eigenvalue weighted by Gasteiger charge is 2.19. The summed E-state index contributed by atoms with van der Waals surface area (Å²) in [5.74, 6) is 0. The van der Waals surface area contributed by atoms with Crippen LogP contribution in [0.1, 0.15) is 0 Å². The van der Waals surface area contributed by atoms with Crippen LogP contribution < -0.4 is 0 Å². The first-order valence-corrected chi connectivity index (χ1v) is 12.2. The van der Waals surface area contributed by atoms with Crippen LogP contribution >= 0.6 is 0 Å². The molecule has 36 heavy (non-hydrogen) atoms. The quantitative estimate of drug-likeness (QED) is 0.290. The number of nitrogens with zero attached hydrogens (tertiary/aromatic N) is 6. The molecule has 0 aliphatic carbocycles. The number of hydrogen-bond donors (Lipinski definition) is 0. The summed E-state index contributed by atoms with van der Waals surface area (Å²) in [6.45, 7) is 0. The van der Waals surface area contributed by atoms with Gasteiger partial charge in [0, 0.05) is 54.7 Å². The van der Waals surface area contributed by atoms with E-state index < -0.39 is 0 Å². The summed E-state index contributed by atoms with van der Waals surface area (Å²) in [4.78, 5) is 0. The Balaban J connectivity index is 1.38. The molecule has 0 aromatic carbocycles. The Hall–Kier alpha value is -4.32. The van der Waals surface area contributed by atoms with E-state index >= 15 is 0 Å². The van der Waals surface area contributed by atoms with Gasteiger partial charge in [0.2, 0.25) is 0 Å². The second-order valence-corrected chi connectivity index (χ2v) is 9.66. The van der Waals surface area contributed by atoms with E-state index in [1.165, 1.54) is 56.9 Å². The highest BCUT2D eigenvalue weighted by molar-refractivity contribution is 5.74. The molecule has 0 saturated carbocycles. The molecule has 182 valence electrons. The van der Waals surface area contributed by atoms with Crippen LogP contribution in [-0.2, 0) is 42.3 Å². The molecule has 6 heterocycles. The summed E-state index contributed by atoms with van der Waals surface area (Å²) in [7, 11) is 12.8. The van der Waals surface area contributed by atoms with Crippen LogP contribution in [0, 0.1) is 0 Å². The third-order valence-electron chi connectivity index (χ3n) is 7.69. The fourth-order valence-electron chi connectivity index (χ4n) is 5.56. The van der Waals surface area contributed by atoms with Crippen molar-refractivity contribution >= 4 is 0 Å². The fourth-order valence-corrected chi connectivity index (χ4v) is 5.56. The van der Waals surface area contributed by atoms with Crippen molar-refractivity contribution in [3.63, 3.8) is 0 Å². The van der Waals surface area contributed by atoms with Crippen molar-refractivity contribution in [2.45, 2.75) is 0 Å². The van der Waals surface area contributed by atoms with E-state index in [1.807, 2.05) is 0 Å². The molecule has 6 rings (SSSR count). The summed E-state index contributed by atoms with van der Waals surface area (Å²) < 4.78 is 13.5. The second kappa shape index (κ2) is 8.12. The van der Waals surface area contributed by atoms with Crippen LogP contribution in [0.15, 0.2) is 85.2 Å². The van der Waals surface area contributed by atoms with Gasteiger partial charge < -0.3 is 27.4 Å². The van der Waals surface area contributed by atoms with E-state index in [4.69, 9.17) is 0 Å². The number of rotatable bonds is 5. The number of aryl methyl sites for hydroxylation is 2. The molecular weight excluding hydrogens is 444 g/mol. The zero-order valence-electron chi connectivity index (χ0n) is 21.8. The van der Waals surface area contributed by atoms with Crippen LogP contribution in [0.4, 0.5) is 0 Å². The standard InChI is InChI=1S/C30H32N6/c1-31-19-7-9-21(31)23-11-13-25(33(23)3)27-15-17-29(35(27)5)30-18-16-28(36(30)6)26-14-12-24(34(26)4)22-10-8-20-32(22)2/h7-20H,1-6H3. The average molecular weight is 477 g/mol. The van der Waals surface area contributed by atoms with Gasteiger partial charge in [-0.15, -0.1) is 0 Å². The first-order valence-electron chi connectivity index (χ1n) is 12.2. The normalized spacial score (nSPS) is 11.6. The predicted molar refractivity (Wildman–Crippen MR) is 147 cm³/mol. The van der Waals surface area contributed by atoms with E-state index in [2.05, 4.69) is 155 Å². The maximum atomic E-state index is 2.30. The molecule has 0 saturated heterocycles. The minimum absolute atomic E-state index is 1.19. The second-order valence-electron chi connectivity index (χ2n) is 9.66. The molecule has 0 aliphatic heterocycles. The van der Waals surface area contributed by atoms with E-state index in [0.29, 0.717) is 0 Å². The Morgan fingerprint density at radius 1 is 0.306 bits per heavy atom. The molecule has 0 spiro atoms. The minimum Gasteiger partial charge on any atom is -0.349 e. The fraction of sp³-hybridized carbons (Fsp3) is 0.200. The predicted octanol–water partition coefficient (Wildman–Crippen LogP) is 6.05. The molecule has 6 aromatic heterocycles. The lowest BCUT2D eigenvalue weighted by molar-refractivity contribution is 0.855. The smallest absolute Gasteiger partial charge is 0.0650 e. The topological polar surface area (TPSA) is 29.6 Å². The minimum atomic E-state index is 1.19. The molecule has 6 heteroatoms. The Kier molecular flexibility index (Phi) is 5.00. The Labute approximate surface area is 211 Å². The lowest BCUT2D eigenvalue weighted by Crippen LogP contribution is -2.04. The molecule has 0 N–H and O–H groups in total. The van der Waals surface area contributed by atoms with Crippen molar-refractivity contribution in [1.82, 2.24) is 27.4 Å². The van der Waals surface area contributed by atoms with Crippen LogP contribution in [0.2, 0.25) is 0 Å². The largest absolute Gasteiger partial charge is 0.349 e. The van der Waals surface area contributed by atoms with Crippen LogP contribution in [0.25, 0.3) is 56.9 Å². The van der Waals surface area contributed by atoms with Crippen LogP contribution in [0.3, 0.4) is 0 Å². The van der Waals surface area contributed by atoms with Gasteiger partial charge in [-0.05, 0) is 72.8 Å². The van der Waals surface area contributed by atoms with E-state index in [-0.39, 0.29) is 0 Å². The number of hydrogen-bond acceptors (Lipinski definition) is 0. The molecule has 6 nitrogen and oxygen atoms in total. The van der Waals surface area contributed by atoms with Gasteiger partial charge in [-0.2, -0.15) is 0 Å². The third kappa shape index (κ3) is 3.18. The molecule has 6 aromatic rings. The van der Waals surface area contributed by atoms with Crippen molar-refractivity contribution < 1.29 is 0 Å². The Morgan fingerprint density at radius 2 is 0.528 bits per heavy atom. The van der Waals surface area contributed by atoms with Gasteiger partial charge >= 0.3 is 0 Å². The van der Waals surface area contributed by atoms with Gasteiger partial charge in [-0.3, -0.25) is 0 Å². The Morgan fingerprint density at radius 3 is 0.722 bits per heavy atom. The lowest BCUT2D eigenvalue weighted by Gasteiger charge is -2.13. The molecule has 0 bridgehead atoms. The molecule has 0 atom stereocenters. The summed E-state index contributed by atoms with van der Waals surface area (Å²) in [6.07, 6.45) is 4.18. The first-order chi connectivity index (χ1) is 17.4. The van der Waals surface area contributed by atoms with Gasteiger partial charge in [0.1, 0.15) is 0 Å². The van der Waals surface area contributed by atoms with Crippen molar-refractivity contribution in [2.24, 2.45) is 42.3 Å². The first kappa shape index (κ1) is 22.2. The maximum Gasteiger partial charge on any atom is 0.0650 e. The monoisotopic (exact) mass is 476 g/mol. The SMILES string of the molecule is Cn1cccc1-c1ccc(-c2ccc(-c3ccc(-c4ccc(-c5cccn5C)n4C)n3C)n2C)n1C. The highest BCUT2D eigenvalue weighted by Crippen LogP contribution is 2.35. The third-order valence-corrected chi connectivity index (χ3v) is 7.69. The summed E-state index contributed by atoms with van der Waals surface area (Å²) >= 11 is 0. The lowest BCUT2D eigenvalue weighted by atomic mass is 10.3. The van der Waals surface area contributed by atoms with Crippen molar-refractivity contribution in [3.05, 3.63) is 85.2 Å². The number of aromatic nitrogens is 6. The van der Waals surface area contributed by atoms with Gasteiger partial charge in [0.15, 0.2) is 0 Å². The molecule has 0 aliphatic rings. The summed E-state index contributed by atoms with van der Waals surface area (Å²) in [5.41, 5.74) is 12.0. The molecule has 0 amide bonds. The molecule has 0 fully saturated rings. The van der Waals surface area contributed by atoms with Gasteiger partial charge in [-0.1, -0.05) is 0 Å². The zero-order valence-corrected chi connectivity index (χ0v) is 21.8. The maximum absolute atomic E-state index is 2.30. The molecule has 0 unspecified atom stereocenters. The van der Waals surface area contributed by atoms with Crippen molar-refractivity contribution in [3.8, 4) is 56.9 Å². The van der Waals surface area contributed by atoms with Gasteiger partial charge in [0.05, 0.1) is 56.9 Å². The van der Waals surface area contributed by atoms with Crippen LogP contribution in [-0.4, -0.2) is 27.4 Å². The van der Waals surface area contributed by atoms with Gasteiger partial charge in [0.25, 0.3) is 0 Å². The molecule has 0 radical (unpaired) electrons. The van der Waals surface area contributed by atoms with Crippen molar-refractivity contribution in [1.29, 1.82) is 0 Å². The zero-order chi connectivity index (χ0) is 25.1. The highest BCUT2D eigenvalue weighted by atomic mass is 15.1. The molecular formula is C30H32N6. The van der Waals surface area contributed by atoms with E-state index in [0.717, 1.165) is 0 Å². The van der Waals surface area contributed by atoms with E-state index in [1.54, 1.807) is 0 Å².